The molecule has 0 fully saturated rings. The van der Waals surface area contributed by atoms with Crippen LogP contribution in [0.3, 0.4) is 0 Å². The van der Waals surface area contributed by atoms with E-state index < -0.39 is 0 Å². The van der Waals surface area contributed by atoms with Gasteiger partial charge in [-0.05, 0) is 0 Å². The van der Waals surface area contributed by atoms with Crippen LogP contribution < -0.4 is 10.6 Å². The number of nitrogen functional groups attached to an aromatic ring is 1. The molecule has 0 aliphatic carbocycles. The second-order valence-corrected chi connectivity index (χ2v) is 3.73. The van der Waals surface area contributed by atoms with E-state index >= 15 is 0 Å². The number of likely N-dealkylation sites (N-methyl/N-ethyl adjacent to an activating group) is 1. The van der Waals surface area contributed by atoms with Gasteiger partial charge >= 0.3 is 0 Å². The van der Waals surface area contributed by atoms with Crippen molar-refractivity contribution in [3.05, 3.63) is 10.7 Å². The van der Waals surface area contributed by atoms with Crippen LogP contribution in [0.15, 0.2) is 0 Å². The van der Waals surface area contributed by atoms with Crippen LogP contribution in [-0.4, -0.2) is 35.3 Å². The van der Waals surface area contributed by atoms with E-state index in [2.05, 4.69) is 9.97 Å². The summed E-state index contributed by atoms with van der Waals surface area (Å²) in [6, 6.07) is 0. The number of aliphatic hydroxyl groups excluding tert-OH is 1. The van der Waals surface area contributed by atoms with Gasteiger partial charge in [-0.15, -0.1) is 0 Å². The molecule has 1 aliphatic heterocycles. The van der Waals surface area contributed by atoms with E-state index in [-0.39, 0.29) is 18.5 Å². The summed E-state index contributed by atoms with van der Waals surface area (Å²) in [5, 5.41) is 9.50. The monoisotopic (exact) mass is 214 g/mol. The third-order valence-corrected chi connectivity index (χ3v) is 2.67. The molecule has 0 amide bonds. The molecule has 1 aromatic rings. The van der Waals surface area contributed by atoms with E-state index in [0.717, 1.165) is 11.4 Å². The predicted octanol–water partition coefficient (Wildman–Crippen LogP) is 0.238. The lowest BCUT2D eigenvalue weighted by Crippen LogP contribution is -2.17. The molecule has 0 bridgehead atoms. The van der Waals surface area contributed by atoms with Gasteiger partial charge in [-0.1, -0.05) is 11.6 Å². The third-order valence-electron chi connectivity index (χ3n) is 2.38. The fourth-order valence-corrected chi connectivity index (χ4v) is 2.07. The highest BCUT2D eigenvalue weighted by atomic mass is 35.5. The van der Waals surface area contributed by atoms with E-state index in [9.17, 15) is 0 Å². The van der Waals surface area contributed by atoms with Crippen molar-refractivity contribution in [3.63, 3.8) is 0 Å². The first-order valence-electron chi connectivity index (χ1n) is 4.28. The standard InChI is InChI=1S/C8H11ClN4O/c1-13-2-4(3-14)5-6(9)11-8(10)12-7(5)13/h4,14H,2-3H2,1H3,(H2,10,11,12). The Morgan fingerprint density at radius 3 is 3.00 bits per heavy atom. The number of rotatable bonds is 1. The molecule has 1 atom stereocenters. The first-order valence-corrected chi connectivity index (χ1v) is 4.66. The van der Waals surface area contributed by atoms with Crippen molar-refractivity contribution in [1.29, 1.82) is 0 Å². The average molecular weight is 215 g/mol. The van der Waals surface area contributed by atoms with Crippen molar-refractivity contribution in [3.8, 4) is 0 Å². The van der Waals surface area contributed by atoms with Crippen molar-refractivity contribution in [2.45, 2.75) is 5.92 Å². The fraction of sp³-hybridized carbons (Fsp3) is 0.500. The van der Waals surface area contributed by atoms with Crippen LogP contribution in [-0.2, 0) is 0 Å². The lowest BCUT2D eigenvalue weighted by molar-refractivity contribution is 0.271. The summed E-state index contributed by atoms with van der Waals surface area (Å²) in [4.78, 5) is 9.88. The second-order valence-electron chi connectivity index (χ2n) is 3.37. The van der Waals surface area contributed by atoms with Gasteiger partial charge in [0, 0.05) is 25.1 Å². The van der Waals surface area contributed by atoms with Gasteiger partial charge in [-0.2, -0.15) is 4.98 Å². The number of nitrogens with zero attached hydrogens (tertiary/aromatic N) is 3. The molecule has 0 spiro atoms. The Labute approximate surface area is 86.5 Å². The number of aliphatic hydroxyl groups is 1. The van der Waals surface area contributed by atoms with Crippen LogP contribution in [0.4, 0.5) is 11.8 Å². The Kier molecular flexibility index (Phi) is 2.20. The lowest BCUT2D eigenvalue weighted by atomic mass is 10.1. The minimum atomic E-state index is -0.0110. The van der Waals surface area contributed by atoms with E-state index in [1.165, 1.54) is 0 Å². The van der Waals surface area contributed by atoms with Crippen LogP contribution >= 0.6 is 11.6 Å². The first-order chi connectivity index (χ1) is 6.63. The summed E-state index contributed by atoms with van der Waals surface area (Å²) in [5.41, 5.74) is 6.28. The van der Waals surface area contributed by atoms with Gasteiger partial charge in [0.25, 0.3) is 0 Å². The Morgan fingerprint density at radius 2 is 2.36 bits per heavy atom. The molecule has 2 heterocycles. The van der Waals surface area contributed by atoms with Gasteiger partial charge in [0.1, 0.15) is 11.0 Å². The SMILES string of the molecule is CN1CC(CO)c2c(Cl)nc(N)nc21. The van der Waals surface area contributed by atoms with Gasteiger partial charge in [0.05, 0.1) is 6.61 Å². The van der Waals surface area contributed by atoms with Crippen LogP contribution in [0.1, 0.15) is 11.5 Å². The van der Waals surface area contributed by atoms with Crippen molar-refractivity contribution >= 4 is 23.4 Å². The zero-order valence-electron chi connectivity index (χ0n) is 7.74. The van der Waals surface area contributed by atoms with Crippen LogP contribution in [0, 0.1) is 0 Å². The minimum Gasteiger partial charge on any atom is -0.396 e. The average Bonchev–Trinajstić information content (AvgIpc) is 2.43. The van der Waals surface area contributed by atoms with Gasteiger partial charge in [-0.3, -0.25) is 0 Å². The molecule has 6 heteroatoms. The fourth-order valence-electron chi connectivity index (χ4n) is 1.75. The smallest absolute Gasteiger partial charge is 0.223 e. The van der Waals surface area contributed by atoms with Gasteiger partial charge in [0.15, 0.2) is 0 Å². The molecule has 76 valence electrons. The number of aromatic nitrogens is 2. The molecule has 0 saturated carbocycles. The molecule has 1 aromatic heterocycles. The maximum atomic E-state index is 9.15. The zero-order chi connectivity index (χ0) is 10.3. The maximum absolute atomic E-state index is 9.15. The summed E-state index contributed by atoms with van der Waals surface area (Å²) in [5.74, 6) is 0.879. The molecule has 0 radical (unpaired) electrons. The normalized spacial score (nSPS) is 19.9. The molecule has 1 unspecified atom stereocenters. The first kappa shape index (κ1) is 9.48. The van der Waals surface area contributed by atoms with E-state index in [4.69, 9.17) is 22.4 Å². The molecular formula is C8H11ClN4O. The number of nitrogens with two attached hydrogens (primary N) is 1. The van der Waals surface area contributed by atoms with Crippen molar-refractivity contribution in [2.75, 3.05) is 30.8 Å². The van der Waals surface area contributed by atoms with Crippen molar-refractivity contribution in [1.82, 2.24) is 9.97 Å². The second kappa shape index (κ2) is 3.25. The third kappa shape index (κ3) is 1.29. The molecule has 2 rings (SSSR count). The van der Waals surface area contributed by atoms with Crippen LogP contribution in [0.5, 0.6) is 0 Å². The van der Waals surface area contributed by atoms with Crippen molar-refractivity contribution < 1.29 is 5.11 Å². The number of halogens is 1. The number of anilines is 2. The quantitative estimate of drug-likeness (QED) is 0.655. The number of hydrogen-bond acceptors (Lipinski definition) is 5. The number of hydrogen-bond donors (Lipinski definition) is 2. The summed E-state index contributed by atoms with van der Waals surface area (Å²) in [6.45, 7) is 0.744. The van der Waals surface area contributed by atoms with Gasteiger partial charge in [-0.25, -0.2) is 4.98 Å². The van der Waals surface area contributed by atoms with Crippen LogP contribution in [0.2, 0.25) is 5.15 Å². The Hall–Kier alpha value is -1.07. The molecule has 0 aromatic carbocycles. The lowest BCUT2D eigenvalue weighted by Gasteiger charge is -2.10. The summed E-state index contributed by atoms with van der Waals surface area (Å²) >= 11 is 5.94. The largest absolute Gasteiger partial charge is 0.396 e. The van der Waals surface area contributed by atoms with Gasteiger partial charge in [0.2, 0.25) is 5.95 Å². The van der Waals surface area contributed by atoms with E-state index in [1.54, 1.807) is 0 Å². The minimum absolute atomic E-state index is 0.0110. The van der Waals surface area contributed by atoms with Crippen LogP contribution in [0.25, 0.3) is 0 Å². The molecule has 0 saturated heterocycles. The molecular weight excluding hydrogens is 204 g/mol. The zero-order valence-corrected chi connectivity index (χ0v) is 8.49. The van der Waals surface area contributed by atoms with Crippen molar-refractivity contribution in [2.24, 2.45) is 0 Å². The Morgan fingerprint density at radius 1 is 1.64 bits per heavy atom. The van der Waals surface area contributed by atoms with E-state index in [0.29, 0.717) is 11.7 Å². The predicted molar refractivity (Wildman–Crippen MR) is 54.6 cm³/mol. The maximum Gasteiger partial charge on any atom is 0.223 e. The van der Waals surface area contributed by atoms with Gasteiger partial charge < -0.3 is 15.7 Å². The summed E-state index contributed by atoms with van der Waals surface area (Å²) in [6.07, 6.45) is 0. The summed E-state index contributed by atoms with van der Waals surface area (Å²) < 4.78 is 0. The topological polar surface area (TPSA) is 75.3 Å². The number of fused-ring (bicyclic) bond motifs is 1. The molecule has 3 N–H and O–H groups in total. The Bertz CT molecular complexity index is 371. The Balaban J connectivity index is 2.56. The highest BCUT2D eigenvalue weighted by molar-refractivity contribution is 6.30. The highest BCUT2D eigenvalue weighted by Crippen LogP contribution is 2.37. The molecule has 1 aliphatic rings. The van der Waals surface area contributed by atoms with E-state index in [1.807, 2.05) is 11.9 Å². The molecule has 5 nitrogen and oxygen atoms in total. The molecule has 14 heavy (non-hydrogen) atoms. The highest BCUT2D eigenvalue weighted by Gasteiger charge is 2.30. The summed E-state index contributed by atoms with van der Waals surface area (Å²) in [7, 11) is 1.89.